The zero-order valence-electron chi connectivity index (χ0n) is 17.7. The van der Waals surface area contributed by atoms with E-state index in [-0.39, 0.29) is 28.4 Å². The molecule has 33 heavy (non-hydrogen) atoms. The fourth-order valence-corrected chi connectivity index (χ4v) is 3.71. The van der Waals surface area contributed by atoms with Crippen LogP contribution >= 0.6 is 0 Å². The number of alkyl halides is 2. The number of hydrogen-bond donors (Lipinski definition) is 1. The SMILES string of the molecule is COc1cc2c(c(F)n1)-c1cccnc1[C@@H](C)C(=O)N2CC(=O)Nc1ccc(C(F)F)cc1. The number of nitrogens with one attached hydrogen (secondary N) is 1. The van der Waals surface area contributed by atoms with Gasteiger partial charge in [-0.05, 0) is 25.1 Å². The predicted molar refractivity (Wildman–Crippen MR) is 115 cm³/mol. The molecule has 10 heteroatoms. The number of anilines is 2. The zero-order valence-corrected chi connectivity index (χ0v) is 17.7. The molecule has 0 fully saturated rings. The van der Waals surface area contributed by atoms with Gasteiger partial charge in [0.2, 0.25) is 23.6 Å². The number of benzene rings is 1. The van der Waals surface area contributed by atoms with Crippen LogP contribution in [0, 0.1) is 5.95 Å². The first-order valence-electron chi connectivity index (χ1n) is 9.99. The first-order chi connectivity index (χ1) is 15.8. The number of ether oxygens (including phenoxy) is 1. The van der Waals surface area contributed by atoms with Gasteiger partial charge in [0.05, 0.1) is 30.0 Å². The summed E-state index contributed by atoms with van der Waals surface area (Å²) in [6.07, 6.45) is -1.13. The third-order valence-electron chi connectivity index (χ3n) is 5.33. The maximum Gasteiger partial charge on any atom is 0.263 e. The van der Waals surface area contributed by atoms with Crippen molar-refractivity contribution in [3.63, 3.8) is 0 Å². The fourth-order valence-electron chi connectivity index (χ4n) is 3.71. The molecule has 0 aliphatic carbocycles. The Bertz CT molecular complexity index is 1220. The lowest BCUT2D eigenvalue weighted by Crippen LogP contribution is -2.40. The van der Waals surface area contributed by atoms with Crippen LogP contribution < -0.4 is 15.0 Å². The average Bonchev–Trinajstić information content (AvgIpc) is 2.89. The number of aromatic nitrogens is 2. The van der Waals surface area contributed by atoms with Gasteiger partial charge < -0.3 is 15.0 Å². The lowest BCUT2D eigenvalue weighted by molar-refractivity contribution is -0.122. The molecule has 3 heterocycles. The lowest BCUT2D eigenvalue weighted by atomic mass is 9.98. The number of hydrogen-bond acceptors (Lipinski definition) is 5. The molecule has 0 unspecified atom stereocenters. The molecule has 170 valence electrons. The molecule has 0 radical (unpaired) electrons. The molecule has 1 aliphatic rings. The monoisotopic (exact) mass is 456 g/mol. The van der Waals surface area contributed by atoms with Gasteiger partial charge in [0.15, 0.2) is 0 Å². The van der Waals surface area contributed by atoms with E-state index < -0.39 is 36.7 Å². The van der Waals surface area contributed by atoms with Crippen molar-refractivity contribution >= 4 is 23.2 Å². The summed E-state index contributed by atoms with van der Waals surface area (Å²) in [5, 5.41) is 2.57. The molecule has 1 aromatic carbocycles. The van der Waals surface area contributed by atoms with E-state index in [1.54, 1.807) is 19.1 Å². The van der Waals surface area contributed by atoms with Gasteiger partial charge >= 0.3 is 0 Å². The van der Waals surface area contributed by atoms with E-state index in [0.29, 0.717) is 11.3 Å². The summed E-state index contributed by atoms with van der Waals surface area (Å²) in [5.41, 5.74) is 1.01. The molecule has 1 aliphatic heterocycles. The summed E-state index contributed by atoms with van der Waals surface area (Å²) in [5.74, 6) is -2.76. The van der Waals surface area contributed by atoms with Crippen LogP contribution in [0.25, 0.3) is 11.1 Å². The molecule has 0 spiro atoms. The number of carbonyl (C=O) groups is 2. The normalized spacial score (nSPS) is 15.0. The minimum atomic E-state index is -2.63. The number of nitrogens with zero attached hydrogens (tertiary/aromatic N) is 3. The van der Waals surface area contributed by atoms with E-state index in [1.807, 2.05) is 0 Å². The molecule has 2 amide bonds. The second-order valence-electron chi connectivity index (χ2n) is 7.40. The summed E-state index contributed by atoms with van der Waals surface area (Å²) >= 11 is 0. The Morgan fingerprint density at radius 3 is 2.64 bits per heavy atom. The first kappa shape index (κ1) is 22.3. The number of pyridine rings is 2. The molecule has 3 aromatic rings. The van der Waals surface area contributed by atoms with Crippen molar-refractivity contribution in [2.24, 2.45) is 0 Å². The lowest BCUT2D eigenvalue weighted by Gasteiger charge is -2.24. The Balaban J connectivity index is 1.71. The Hall–Kier alpha value is -3.95. The summed E-state index contributed by atoms with van der Waals surface area (Å²) in [7, 11) is 1.31. The van der Waals surface area contributed by atoms with E-state index >= 15 is 4.39 Å². The number of methoxy groups -OCH3 is 1. The van der Waals surface area contributed by atoms with Gasteiger partial charge in [-0.2, -0.15) is 9.37 Å². The molecule has 2 aromatic heterocycles. The summed E-state index contributed by atoms with van der Waals surface area (Å²) in [6, 6.07) is 9.71. The topological polar surface area (TPSA) is 84.4 Å². The van der Waals surface area contributed by atoms with Crippen LogP contribution in [0.4, 0.5) is 24.5 Å². The van der Waals surface area contributed by atoms with Gasteiger partial charge in [-0.25, -0.2) is 8.78 Å². The van der Waals surface area contributed by atoms with E-state index in [2.05, 4.69) is 15.3 Å². The Kier molecular flexibility index (Phi) is 5.99. The maximum atomic E-state index is 15.1. The van der Waals surface area contributed by atoms with Crippen molar-refractivity contribution in [1.82, 2.24) is 9.97 Å². The van der Waals surface area contributed by atoms with Gasteiger partial charge in [0, 0.05) is 29.1 Å². The molecule has 0 saturated heterocycles. The summed E-state index contributed by atoms with van der Waals surface area (Å²) < 4.78 is 45.6. The second-order valence-corrected chi connectivity index (χ2v) is 7.40. The molecular formula is C23H19F3N4O3. The number of amides is 2. The highest BCUT2D eigenvalue weighted by atomic mass is 19.3. The highest BCUT2D eigenvalue weighted by molar-refractivity contribution is 6.09. The van der Waals surface area contributed by atoms with E-state index in [9.17, 15) is 18.4 Å². The van der Waals surface area contributed by atoms with Crippen LogP contribution in [0.5, 0.6) is 5.88 Å². The molecule has 0 saturated carbocycles. The third kappa shape index (κ3) is 4.23. The van der Waals surface area contributed by atoms with Gasteiger partial charge in [-0.15, -0.1) is 0 Å². The standard InChI is InChI=1S/C23H19F3N4O3/c1-12-20-15(4-3-9-27-20)19-16(10-18(33-2)29-22(19)26)30(23(12)32)11-17(31)28-14-7-5-13(6-8-14)21(24)25/h3-10,12,21H,11H2,1-2H3,(H,28,31)/t12-/m1/s1. The summed E-state index contributed by atoms with van der Waals surface area (Å²) in [4.78, 5) is 35.3. The maximum absolute atomic E-state index is 15.1. The van der Waals surface area contributed by atoms with E-state index in [0.717, 1.165) is 4.90 Å². The Morgan fingerprint density at radius 2 is 1.97 bits per heavy atom. The Labute approximate surface area is 187 Å². The van der Waals surface area contributed by atoms with Gasteiger partial charge in [0.1, 0.15) is 6.54 Å². The van der Waals surface area contributed by atoms with Crippen molar-refractivity contribution < 1.29 is 27.5 Å². The number of rotatable bonds is 5. The molecule has 7 nitrogen and oxygen atoms in total. The highest BCUT2D eigenvalue weighted by Gasteiger charge is 2.35. The van der Waals surface area contributed by atoms with E-state index in [1.165, 1.54) is 43.6 Å². The molecule has 1 atom stereocenters. The molecule has 1 N–H and O–H groups in total. The van der Waals surface area contributed by atoms with Crippen molar-refractivity contribution in [2.75, 3.05) is 23.9 Å². The molecule has 4 rings (SSSR count). The third-order valence-corrected chi connectivity index (χ3v) is 5.33. The predicted octanol–water partition coefficient (Wildman–Crippen LogP) is 4.32. The second kappa shape index (κ2) is 8.89. The number of fused-ring (bicyclic) bond motifs is 3. The molecule has 0 bridgehead atoms. The van der Waals surface area contributed by atoms with Gasteiger partial charge in [0.25, 0.3) is 6.43 Å². The van der Waals surface area contributed by atoms with Crippen LogP contribution in [0.1, 0.15) is 30.5 Å². The smallest absolute Gasteiger partial charge is 0.263 e. The van der Waals surface area contributed by atoms with Crippen LogP contribution in [0.3, 0.4) is 0 Å². The van der Waals surface area contributed by atoms with Gasteiger partial charge in [-0.3, -0.25) is 14.6 Å². The number of halogens is 3. The van der Waals surface area contributed by atoms with Crippen LogP contribution in [-0.2, 0) is 9.59 Å². The quantitative estimate of drug-likeness (QED) is 0.578. The fraction of sp³-hybridized carbons (Fsp3) is 0.217. The van der Waals surface area contributed by atoms with Crippen LogP contribution in [-0.4, -0.2) is 35.4 Å². The van der Waals surface area contributed by atoms with Crippen molar-refractivity contribution in [1.29, 1.82) is 0 Å². The average molecular weight is 456 g/mol. The van der Waals surface area contributed by atoms with Crippen molar-refractivity contribution in [2.45, 2.75) is 19.3 Å². The minimum absolute atomic E-state index is 0.0330. The summed E-state index contributed by atoms with van der Waals surface area (Å²) in [6.45, 7) is 1.17. The minimum Gasteiger partial charge on any atom is -0.481 e. The van der Waals surface area contributed by atoms with Gasteiger partial charge in [-0.1, -0.05) is 18.2 Å². The largest absolute Gasteiger partial charge is 0.481 e. The van der Waals surface area contributed by atoms with Crippen molar-refractivity contribution in [3.05, 3.63) is 65.9 Å². The van der Waals surface area contributed by atoms with Crippen LogP contribution in [0.15, 0.2) is 48.7 Å². The number of carbonyl (C=O) groups excluding carboxylic acids is 2. The highest BCUT2D eigenvalue weighted by Crippen LogP contribution is 2.42. The van der Waals surface area contributed by atoms with Crippen LogP contribution in [0.2, 0.25) is 0 Å². The molecular weight excluding hydrogens is 437 g/mol. The zero-order chi connectivity index (χ0) is 23.7. The van der Waals surface area contributed by atoms with Crippen molar-refractivity contribution in [3.8, 4) is 17.0 Å². The first-order valence-corrected chi connectivity index (χ1v) is 9.99. The van der Waals surface area contributed by atoms with E-state index in [4.69, 9.17) is 4.74 Å². The Morgan fingerprint density at radius 1 is 1.24 bits per heavy atom.